The number of carboxylic acids is 1. The van der Waals surface area contributed by atoms with Crippen molar-refractivity contribution < 1.29 is 14.7 Å². The molecule has 0 aromatic rings. The Bertz CT molecular complexity index is 388. The maximum Gasteiger partial charge on any atom is 0.317 e. The lowest BCUT2D eigenvalue weighted by Crippen LogP contribution is -2.57. The summed E-state index contributed by atoms with van der Waals surface area (Å²) < 4.78 is 0. The van der Waals surface area contributed by atoms with Crippen LogP contribution in [0, 0.1) is 5.92 Å². The molecular weight excluding hydrogens is 270 g/mol. The van der Waals surface area contributed by atoms with Crippen molar-refractivity contribution in [1.82, 2.24) is 15.1 Å². The summed E-state index contributed by atoms with van der Waals surface area (Å²) >= 11 is 0. The third kappa shape index (κ3) is 3.87. The quantitative estimate of drug-likeness (QED) is 0.825. The number of amides is 2. The van der Waals surface area contributed by atoms with E-state index in [4.69, 9.17) is 0 Å². The Balaban J connectivity index is 1.92. The molecule has 120 valence electrons. The van der Waals surface area contributed by atoms with Crippen LogP contribution in [-0.2, 0) is 4.79 Å². The molecule has 6 nitrogen and oxygen atoms in total. The average molecular weight is 297 g/mol. The second-order valence-electron chi connectivity index (χ2n) is 6.27. The number of likely N-dealkylation sites (N-methyl/N-ethyl adjacent to an activating group) is 1. The van der Waals surface area contributed by atoms with Crippen molar-refractivity contribution in [3.8, 4) is 0 Å². The first-order valence-corrected chi connectivity index (χ1v) is 8.01. The standard InChI is InChI=1S/C15H27N3O3/c1-3-11-10-18(9-8-17(11)2)15(21)16-13-7-5-4-6-12(13)14(19)20/h11-13H,3-10H2,1-2H3,(H,16,21)(H,19,20). The maximum atomic E-state index is 12.4. The monoisotopic (exact) mass is 297 g/mol. The zero-order chi connectivity index (χ0) is 15.4. The molecule has 2 aliphatic rings. The second kappa shape index (κ2) is 7.11. The fourth-order valence-corrected chi connectivity index (χ4v) is 3.42. The van der Waals surface area contributed by atoms with Gasteiger partial charge in [0.15, 0.2) is 0 Å². The molecule has 21 heavy (non-hydrogen) atoms. The molecule has 3 atom stereocenters. The number of carbonyl (C=O) groups excluding carboxylic acids is 1. The highest BCUT2D eigenvalue weighted by atomic mass is 16.4. The summed E-state index contributed by atoms with van der Waals surface area (Å²) in [5.74, 6) is -1.22. The molecule has 2 amide bonds. The van der Waals surface area contributed by atoms with Gasteiger partial charge in [0.2, 0.25) is 0 Å². The highest BCUT2D eigenvalue weighted by Crippen LogP contribution is 2.25. The number of nitrogens with zero attached hydrogens (tertiary/aromatic N) is 2. The number of carbonyl (C=O) groups is 2. The van der Waals surface area contributed by atoms with Crippen LogP contribution >= 0.6 is 0 Å². The molecule has 1 aliphatic carbocycles. The van der Waals surface area contributed by atoms with Crippen LogP contribution in [0.5, 0.6) is 0 Å². The summed E-state index contributed by atoms with van der Waals surface area (Å²) in [6.07, 6.45) is 4.39. The van der Waals surface area contributed by atoms with Crippen molar-refractivity contribution in [3.05, 3.63) is 0 Å². The summed E-state index contributed by atoms with van der Waals surface area (Å²) in [6, 6.07) is 0.0781. The van der Waals surface area contributed by atoms with Gasteiger partial charge in [0.1, 0.15) is 0 Å². The highest BCUT2D eigenvalue weighted by Gasteiger charge is 2.34. The molecule has 0 aromatic heterocycles. The van der Waals surface area contributed by atoms with Crippen LogP contribution in [0.3, 0.4) is 0 Å². The van der Waals surface area contributed by atoms with E-state index in [1.165, 1.54) is 0 Å². The van der Waals surface area contributed by atoms with Crippen molar-refractivity contribution in [3.63, 3.8) is 0 Å². The molecule has 0 aromatic carbocycles. The van der Waals surface area contributed by atoms with Crippen LogP contribution in [-0.4, -0.2) is 65.7 Å². The molecule has 1 heterocycles. The Labute approximate surface area is 126 Å². The summed E-state index contributed by atoms with van der Waals surface area (Å²) in [5.41, 5.74) is 0. The molecule has 0 spiro atoms. The first kappa shape index (κ1) is 16.1. The van der Waals surface area contributed by atoms with E-state index < -0.39 is 11.9 Å². The van der Waals surface area contributed by atoms with Gasteiger partial charge in [-0.25, -0.2) is 4.79 Å². The van der Waals surface area contributed by atoms with Crippen LogP contribution in [0.2, 0.25) is 0 Å². The molecule has 2 fully saturated rings. The Morgan fingerprint density at radius 3 is 2.62 bits per heavy atom. The Hall–Kier alpha value is -1.30. The van der Waals surface area contributed by atoms with Crippen molar-refractivity contribution in [2.24, 2.45) is 5.92 Å². The lowest BCUT2D eigenvalue weighted by Gasteiger charge is -2.40. The number of hydrogen-bond donors (Lipinski definition) is 2. The predicted molar refractivity (Wildman–Crippen MR) is 80.2 cm³/mol. The topological polar surface area (TPSA) is 72.9 Å². The van der Waals surface area contributed by atoms with E-state index in [0.717, 1.165) is 38.8 Å². The van der Waals surface area contributed by atoms with Gasteiger partial charge in [0, 0.05) is 31.7 Å². The minimum absolute atomic E-state index is 0.0975. The van der Waals surface area contributed by atoms with E-state index in [2.05, 4.69) is 24.2 Å². The molecule has 1 saturated heterocycles. The molecular formula is C15H27N3O3. The largest absolute Gasteiger partial charge is 0.481 e. The first-order chi connectivity index (χ1) is 10.0. The van der Waals surface area contributed by atoms with Gasteiger partial charge in [0.05, 0.1) is 5.92 Å². The summed E-state index contributed by atoms with van der Waals surface area (Å²) in [5, 5.41) is 12.2. The first-order valence-electron chi connectivity index (χ1n) is 8.01. The van der Waals surface area contributed by atoms with E-state index >= 15 is 0 Å². The van der Waals surface area contributed by atoms with Crippen molar-refractivity contribution in [2.75, 3.05) is 26.7 Å². The minimum Gasteiger partial charge on any atom is -0.481 e. The summed E-state index contributed by atoms with van der Waals surface area (Å²) in [7, 11) is 2.09. The van der Waals surface area contributed by atoms with E-state index in [1.807, 2.05) is 4.90 Å². The van der Waals surface area contributed by atoms with Gasteiger partial charge in [0.25, 0.3) is 0 Å². The lowest BCUT2D eigenvalue weighted by molar-refractivity contribution is -0.143. The Morgan fingerprint density at radius 1 is 1.24 bits per heavy atom. The number of hydrogen-bond acceptors (Lipinski definition) is 3. The molecule has 2 N–H and O–H groups in total. The van der Waals surface area contributed by atoms with Crippen molar-refractivity contribution in [1.29, 1.82) is 0 Å². The van der Waals surface area contributed by atoms with E-state index in [-0.39, 0.29) is 12.1 Å². The van der Waals surface area contributed by atoms with Gasteiger partial charge in [-0.3, -0.25) is 9.69 Å². The smallest absolute Gasteiger partial charge is 0.317 e. The zero-order valence-electron chi connectivity index (χ0n) is 13.0. The molecule has 3 unspecified atom stereocenters. The van der Waals surface area contributed by atoms with Gasteiger partial charge in [-0.2, -0.15) is 0 Å². The van der Waals surface area contributed by atoms with E-state index in [0.29, 0.717) is 19.0 Å². The number of nitrogens with one attached hydrogen (secondary N) is 1. The Kier molecular flexibility index (Phi) is 5.45. The third-order valence-corrected chi connectivity index (χ3v) is 4.93. The van der Waals surface area contributed by atoms with Crippen LogP contribution < -0.4 is 5.32 Å². The summed E-state index contributed by atoms with van der Waals surface area (Å²) in [6.45, 7) is 4.44. The van der Waals surface area contributed by atoms with Gasteiger partial charge in [-0.15, -0.1) is 0 Å². The highest BCUT2D eigenvalue weighted by molar-refractivity contribution is 5.77. The van der Waals surface area contributed by atoms with Gasteiger partial charge in [-0.05, 0) is 26.3 Å². The average Bonchev–Trinajstić information content (AvgIpc) is 2.48. The molecule has 0 radical (unpaired) electrons. The fraction of sp³-hybridized carbons (Fsp3) is 0.867. The number of carboxylic acid groups (broad SMARTS) is 1. The third-order valence-electron chi connectivity index (χ3n) is 4.93. The van der Waals surface area contributed by atoms with Crippen LogP contribution in [0.1, 0.15) is 39.0 Å². The minimum atomic E-state index is -0.787. The molecule has 6 heteroatoms. The molecule has 1 saturated carbocycles. The number of rotatable bonds is 3. The number of piperazine rings is 1. The second-order valence-corrected chi connectivity index (χ2v) is 6.27. The Morgan fingerprint density at radius 2 is 1.95 bits per heavy atom. The summed E-state index contributed by atoms with van der Waals surface area (Å²) in [4.78, 5) is 27.8. The molecule has 2 rings (SSSR count). The number of urea groups is 1. The van der Waals surface area contributed by atoms with E-state index in [9.17, 15) is 14.7 Å². The van der Waals surface area contributed by atoms with E-state index in [1.54, 1.807) is 0 Å². The predicted octanol–water partition coefficient (Wildman–Crippen LogP) is 1.37. The number of aliphatic carboxylic acids is 1. The van der Waals surface area contributed by atoms with Crippen LogP contribution in [0.15, 0.2) is 0 Å². The van der Waals surface area contributed by atoms with Gasteiger partial charge < -0.3 is 15.3 Å². The van der Waals surface area contributed by atoms with Gasteiger partial charge >= 0.3 is 12.0 Å². The molecule has 1 aliphatic heterocycles. The SMILES string of the molecule is CCC1CN(C(=O)NC2CCCCC2C(=O)O)CCN1C. The lowest BCUT2D eigenvalue weighted by atomic mass is 9.84. The van der Waals surface area contributed by atoms with Crippen LogP contribution in [0.4, 0.5) is 4.79 Å². The van der Waals surface area contributed by atoms with Crippen molar-refractivity contribution in [2.45, 2.75) is 51.1 Å². The molecule has 0 bridgehead atoms. The van der Waals surface area contributed by atoms with Crippen molar-refractivity contribution >= 4 is 12.0 Å². The zero-order valence-corrected chi connectivity index (χ0v) is 13.0. The van der Waals surface area contributed by atoms with Crippen LogP contribution in [0.25, 0.3) is 0 Å². The normalized spacial score (nSPS) is 31.0. The maximum absolute atomic E-state index is 12.4. The fourth-order valence-electron chi connectivity index (χ4n) is 3.42. The van der Waals surface area contributed by atoms with Gasteiger partial charge in [-0.1, -0.05) is 19.8 Å².